The van der Waals surface area contributed by atoms with E-state index in [0.29, 0.717) is 5.57 Å². The van der Waals surface area contributed by atoms with Crippen molar-refractivity contribution >= 4 is 11.9 Å². The second kappa shape index (κ2) is 8.87. The Kier molecular flexibility index (Phi) is 7.16. The molecule has 0 heterocycles. The summed E-state index contributed by atoms with van der Waals surface area (Å²) >= 11 is 0. The molecule has 0 aliphatic carbocycles. The summed E-state index contributed by atoms with van der Waals surface area (Å²) in [7, 11) is 0. The van der Waals surface area contributed by atoms with Gasteiger partial charge in [0.2, 0.25) is 0 Å². The van der Waals surface area contributed by atoms with E-state index in [1.165, 1.54) is 0 Å². The minimum atomic E-state index is -0.489. The van der Waals surface area contributed by atoms with Crippen molar-refractivity contribution in [1.82, 2.24) is 0 Å². The third-order valence-electron chi connectivity index (χ3n) is 2.57. The van der Waals surface area contributed by atoms with Crippen LogP contribution in [0.25, 0.3) is 0 Å². The van der Waals surface area contributed by atoms with Gasteiger partial charge in [-0.1, -0.05) is 18.7 Å². The van der Waals surface area contributed by atoms with Crippen LogP contribution in [0.4, 0.5) is 0 Å². The smallest absolute Gasteiger partial charge is 0.333 e. The summed E-state index contributed by atoms with van der Waals surface area (Å²) in [4.78, 5) is 22.8. The molecule has 0 N–H and O–H groups in total. The standard InChI is InChI=1S/C17H22O5/c1-12(2)17(19)21-10-9-20-16(18)11-14-5-7-15(8-6-14)22-13(3)4/h5-8,13H,1,9-11H2,2-4H3. The molecule has 22 heavy (non-hydrogen) atoms. The van der Waals surface area contributed by atoms with E-state index in [4.69, 9.17) is 14.2 Å². The normalized spacial score (nSPS) is 10.2. The minimum absolute atomic E-state index is 0.0264. The molecule has 0 fully saturated rings. The fraction of sp³-hybridized carbons (Fsp3) is 0.412. The Hall–Kier alpha value is -2.30. The van der Waals surface area contributed by atoms with Gasteiger partial charge in [0.05, 0.1) is 12.5 Å². The summed E-state index contributed by atoms with van der Waals surface area (Å²) < 4.78 is 15.3. The van der Waals surface area contributed by atoms with Crippen molar-refractivity contribution in [3.8, 4) is 5.75 Å². The molecule has 0 aliphatic rings. The van der Waals surface area contributed by atoms with Crippen LogP contribution >= 0.6 is 0 Å². The molecule has 1 rings (SSSR count). The first-order valence-electron chi connectivity index (χ1n) is 7.12. The predicted octanol–water partition coefficient (Wildman–Crippen LogP) is 2.68. The second-order valence-corrected chi connectivity index (χ2v) is 5.12. The zero-order valence-corrected chi connectivity index (χ0v) is 13.3. The lowest BCUT2D eigenvalue weighted by Gasteiger charge is -2.10. The van der Waals surface area contributed by atoms with Crippen LogP contribution in [0.5, 0.6) is 5.75 Å². The van der Waals surface area contributed by atoms with E-state index >= 15 is 0 Å². The van der Waals surface area contributed by atoms with Gasteiger partial charge in [-0.2, -0.15) is 0 Å². The molecule has 0 atom stereocenters. The lowest BCUT2D eigenvalue weighted by atomic mass is 10.1. The third-order valence-corrected chi connectivity index (χ3v) is 2.57. The van der Waals surface area contributed by atoms with Crippen LogP contribution in [-0.2, 0) is 25.5 Å². The maximum absolute atomic E-state index is 11.6. The van der Waals surface area contributed by atoms with Crippen molar-refractivity contribution in [2.45, 2.75) is 33.3 Å². The number of hydrogen-bond donors (Lipinski definition) is 0. The highest BCUT2D eigenvalue weighted by Gasteiger charge is 2.07. The van der Waals surface area contributed by atoms with E-state index in [1.807, 2.05) is 38.1 Å². The van der Waals surface area contributed by atoms with Crippen LogP contribution in [0.3, 0.4) is 0 Å². The Morgan fingerprint density at radius 3 is 2.23 bits per heavy atom. The van der Waals surface area contributed by atoms with Crippen LogP contribution in [0.1, 0.15) is 26.3 Å². The fourth-order valence-corrected chi connectivity index (χ4v) is 1.59. The van der Waals surface area contributed by atoms with Crippen molar-refractivity contribution in [3.63, 3.8) is 0 Å². The molecule has 5 heteroatoms. The maximum atomic E-state index is 11.6. The number of benzene rings is 1. The van der Waals surface area contributed by atoms with Crippen LogP contribution in [0.2, 0.25) is 0 Å². The highest BCUT2D eigenvalue weighted by atomic mass is 16.6. The van der Waals surface area contributed by atoms with Crippen LogP contribution in [0.15, 0.2) is 36.4 Å². The molecule has 0 bridgehead atoms. The molecule has 0 unspecified atom stereocenters. The van der Waals surface area contributed by atoms with Gasteiger partial charge in [0.15, 0.2) is 0 Å². The first-order chi connectivity index (χ1) is 10.4. The number of rotatable bonds is 8. The molecule has 0 aliphatic heterocycles. The molecule has 0 spiro atoms. The summed E-state index contributed by atoms with van der Waals surface area (Å²) in [6.45, 7) is 8.97. The zero-order valence-electron chi connectivity index (χ0n) is 13.3. The molecular formula is C17H22O5. The van der Waals surface area contributed by atoms with Crippen molar-refractivity contribution < 1.29 is 23.8 Å². The van der Waals surface area contributed by atoms with Gasteiger partial charge in [0.1, 0.15) is 19.0 Å². The highest BCUT2D eigenvalue weighted by Crippen LogP contribution is 2.14. The number of esters is 2. The third kappa shape index (κ3) is 6.92. The summed E-state index contributed by atoms with van der Waals surface area (Å²) in [6.07, 6.45) is 0.272. The molecule has 0 saturated carbocycles. The van der Waals surface area contributed by atoms with E-state index in [2.05, 4.69) is 6.58 Å². The lowest BCUT2D eigenvalue weighted by Crippen LogP contribution is -2.15. The minimum Gasteiger partial charge on any atom is -0.491 e. The molecule has 1 aromatic carbocycles. The Balaban J connectivity index is 2.30. The van der Waals surface area contributed by atoms with E-state index in [-0.39, 0.29) is 31.7 Å². The summed E-state index contributed by atoms with van der Waals surface area (Å²) in [5.74, 6) is -0.0977. The van der Waals surface area contributed by atoms with Gasteiger partial charge in [0, 0.05) is 5.57 Å². The van der Waals surface area contributed by atoms with E-state index in [1.54, 1.807) is 6.92 Å². The average molecular weight is 306 g/mol. The van der Waals surface area contributed by atoms with Crippen molar-refractivity contribution in [3.05, 3.63) is 42.0 Å². The average Bonchev–Trinajstić information content (AvgIpc) is 2.44. The largest absolute Gasteiger partial charge is 0.491 e. The van der Waals surface area contributed by atoms with Gasteiger partial charge in [0.25, 0.3) is 0 Å². The Bertz CT molecular complexity index is 516. The van der Waals surface area contributed by atoms with Crippen LogP contribution in [-0.4, -0.2) is 31.3 Å². The van der Waals surface area contributed by atoms with Crippen molar-refractivity contribution in [2.24, 2.45) is 0 Å². The maximum Gasteiger partial charge on any atom is 0.333 e. The SMILES string of the molecule is C=C(C)C(=O)OCCOC(=O)Cc1ccc(OC(C)C)cc1. The molecule has 0 aromatic heterocycles. The summed E-state index contributed by atoms with van der Waals surface area (Å²) in [5.41, 5.74) is 1.15. The van der Waals surface area contributed by atoms with E-state index < -0.39 is 5.97 Å². The van der Waals surface area contributed by atoms with Gasteiger partial charge in [-0.05, 0) is 38.5 Å². The summed E-state index contributed by atoms with van der Waals surface area (Å²) in [5, 5.41) is 0. The Morgan fingerprint density at radius 1 is 1.09 bits per heavy atom. The molecule has 0 saturated heterocycles. The Morgan fingerprint density at radius 2 is 1.68 bits per heavy atom. The molecular weight excluding hydrogens is 284 g/mol. The molecule has 1 aromatic rings. The molecule has 0 amide bonds. The summed E-state index contributed by atoms with van der Waals surface area (Å²) in [6, 6.07) is 7.27. The topological polar surface area (TPSA) is 61.8 Å². The predicted molar refractivity (Wildman–Crippen MR) is 82.6 cm³/mol. The monoisotopic (exact) mass is 306 g/mol. The number of ether oxygens (including phenoxy) is 3. The number of carbonyl (C=O) groups excluding carboxylic acids is 2. The Labute approximate surface area is 130 Å². The van der Waals surface area contributed by atoms with Crippen molar-refractivity contribution in [2.75, 3.05) is 13.2 Å². The first-order valence-corrected chi connectivity index (χ1v) is 7.12. The van der Waals surface area contributed by atoms with E-state index in [0.717, 1.165) is 11.3 Å². The van der Waals surface area contributed by atoms with Crippen LogP contribution in [0, 0.1) is 0 Å². The van der Waals surface area contributed by atoms with Gasteiger partial charge in [-0.25, -0.2) is 4.79 Å². The lowest BCUT2D eigenvalue weighted by molar-refractivity contribution is -0.149. The quantitative estimate of drug-likeness (QED) is 0.420. The van der Waals surface area contributed by atoms with Crippen LogP contribution < -0.4 is 4.74 Å². The zero-order chi connectivity index (χ0) is 16.5. The molecule has 120 valence electrons. The number of hydrogen-bond acceptors (Lipinski definition) is 5. The second-order valence-electron chi connectivity index (χ2n) is 5.12. The van der Waals surface area contributed by atoms with Gasteiger partial charge >= 0.3 is 11.9 Å². The fourth-order valence-electron chi connectivity index (χ4n) is 1.59. The van der Waals surface area contributed by atoms with Gasteiger partial charge < -0.3 is 14.2 Å². The molecule has 0 radical (unpaired) electrons. The van der Waals surface area contributed by atoms with Gasteiger partial charge in [-0.15, -0.1) is 0 Å². The van der Waals surface area contributed by atoms with E-state index in [9.17, 15) is 9.59 Å². The van der Waals surface area contributed by atoms with Gasteiger partial charge in [-0.3, -0.25) is 4.79 Å². The highest BCUT2D eigenvalue weighted by molar-refractivity contribution is 5.86. The number of carbonyl (C=O) groups is 2. The van der Waals surface area contributed by atoms with Crippen molar-refractivity contribution in [1.29, 1.82) is 0 Å². The molecule has 5 nitrogen and oxygen atoms in total. The first kappa shape index (κ1) is 17.8.